The van der Waals surface area contributed by atoms with E-state index in [1.54, 1.807) is 30.6 Å². The summed E-state index contributed by atoms with van der Waals surface area (Å²) >= 11 is 0. The molecule has 132 valence electrons. The normalized spacial score (nSPS) is 23.2. The number of benzene rings is 1. The highest BCUT2D eigenvalue weighted by Crippen LogP contribution is 2.29. The molecule has 1 fully saturated rings. The summed E-state index contributed by atoms with van der Waals surface area (Å²) in [5, 5.41) is 4.66. The van der Waals surface area contributed by atoms with E-state index >= 15 is 0 Å². The molecule has 1 aliphatic rings. The SMILES string of the molecule is CC1CCCC(NC(=O)COC(=O)c2cccc3cnccc23)C1C. The fourth-order valence-electron chi connectivity index (χ4n) is 3.54. The lowest BCUT2D eigenvalue weighted by atomic mass is 9.78. The van der Waals surface area contributed by atoms with E-state index in [1.165, 1.54) is 6.42 Å². The van der Waals surface area contributed by atoms with Crippen molar-refractivity contribution in [2.45, 2.75) is 39.2 Å². The second kappa shape index (κ2) is 7.64. The average molecular weight is 340 g/mol. The molecule has 0 bridgehead atoms. The third-order valence-corrected chi connectivity index (χ3v) is 5.29. The maximum Gasteiger partial charge on any atom is 0.339 e. The number of hydrogen-bond donors (Lipinski definition) is 1. The van der Waals surface area contributed by atoms with Crippen LogP contribution in [0.4, 0.5) is 0 Å². The number of hydrogen-bond acceptors (Lipinski definition) is 4. The van der Waals surface area contributed by atoms with Gasteiger partial charge in [0, 0.05) is 23.8 Å². The Bertz CT molecular complexity index is 769. The van der Waals surface area contributed by atoms with Crippen LogP contribution < -0.4 is 5.32 Å². The molecule has 0 aliphatic heterocycles. The Morgan fingerprint density at radius 1 is 1.24 bits per heavy atom. The molecule has 3 unspecified atom stereocenters. The summed E-state index contributed by atoms with van der Waals surface area (Å²) in [4.78, 5) is 28.6. The summed E-state index contributed by atoms with van der Waals surface area (Å²) in [5.41, 5.74) is 0.451. The highest BCUT2D eigenvalue weighted by Gasteiger charge is 2.28. The van der Waals surface area contributed by atoms with Gasteiger partial charge in [-0.1, -0.05) is 38.8 Å². The zero-order valence-electron chi connectivity index (χ0n) is 14.7. The summed E-state index contributed by atoms with van der Waals surface area (Å²) < 4.78 is 5.23. The quantitative estimate of drug-likeness (QED) is 0.867. The summed E-state index contributed by atoms with van der Waals surface area (Å²) in [7, 11) is 0. The van der Waals surface area contributed by atoms with Gasteiger partial charge >= 0.3 is 5.97 Å². The monoisotopic (exact) mass is 340 g/mol. The van der Waals surface area contributed by atoms with Crippen molar-refractivity contribution in [2.75, 3.05) is 6.61 Å². The average Bonchev–Trinajstić information content (AvgIpc) is 2.63. The highest BCUT2D eigenvalue weighted by molar-refractivity contribution is 6.04. The number of ether oxygens (including phenoxy) is 1. The zero-order chi connectivity index (χ0) is 17.8. The van der Waals surface area contributed by atoms with E-state index in [1.807, 2.05) is 6.07 Å². The Labute approximate surface area is 147 Å². The number of carbonyl (C=O) groups is 2. The molecular formula is C20H24N2O3. The molecule has 0 radical (unpaired) electrons. The van der Waals surface area contributed by atoms with Crippen molar-refractivity contribution in [3.05, 3.63) is 42.2 Å². The third kappa shape index (κ3) is 3.98. The second-order valence-electron chi connectivity index (χ2n) is 6.92. The van der Waals surface area contributed by atoms with E-state index in [4.69, 9.17) is 4.74 Å². The molecule has 1 heterocycles. The van der Waals surface area contributed by atoms with Crippen LogP contribution in [0.1, 0.15) is 43.5 Å². The van der Waals surface area contributed by atoms with Crippen LogP contribution in [0.2, 0.25) is 0 Å². The number of pyridine rings is 1. The van der Waals surface area contributed by atoms with E-state index in [0.717, 1.165) is 23.6 Å². The van der Waals surface area contributed by atoms with Gasteiger partial charge in [0.25, 0.3) is 5.91 Å². The fourth-order valence-corrected chi connectivity index (χ4v) is 3.54. The molecule has 3 rings (SSSR count). The maximum absolute atomic E-state index is 12.3. The zero-order valence-corrected chi connectivity index (χ0v) is 14.7. The summed E-state index contributed by atoms with van der Waals surface area (Å²) in [6.07, 6.45) is 6.65. The second-order valence-corrected chi connectivity index (χ2v) is 6.92. The molecule has 3 atom stereocenters. The number of amides is 1. The third-order valence-electron chi connectivity index (χ3n) is 5.29. The molecule has 0 saturated heterocycles. The number of nitrogens with one attached hydrogen (secondary N) is 1. The van der Waals surface area contributed by atoms with Crippen LogP contribution in [0.3, 0.4) is 0 Å². The lowest BCUT2D eigenvalue weighted by Gasteiger charge is -2.34. The molecule has 5 heteroatoms. The van der Waals surface area contributed by atoms with E-state index in [2.05, 4.69) is 24.1 Å². The van der Waals surface area contributed by atoms with Gasteiger partial charge in [-0.2, -0.15) is 0 Å². The standard InChI is InChI=1S/C20H24N2O3/c1-13-5-3-8-18(14(13)2)22-19(23)12-25-20(24)17-7-4-6-15-11-21-10-9-16(15)17/h4,6-7,9-11,13-14,18H,3,5,8,12H2,1-2H3,(H,22,23). The van der Waals surface area contributed by atoms with Gasteiger partial charge in [-0.25, -0.2) is 4.79 Å². The van der Waals surface area contributed by atoms with Gasteiger partial charge in [0.15, 0.2) is 6.61 Å². The van der Waals surface area contributed by atoms with Crippen LogP contribution in [0.25, 0.3) is 10.8 Å². The van der Waals surface area contributed by atoms with Crippen LogP contribution in [0, 0.1) is 11.8 Å². The molecule has 1 aromatic carbocycles. The Balaban J connectivity index is 1.59. The van der Waals surface area contributed by atoms with Gasteiger partial charge in [0.05, 0.1) is 5.56 Å². The molecule has 2 aromatic rings. The minimum absolute atomic E-state index is 0.165. The summed E-state index contributed by atoms with van der Waals surface area (Å²) in [6.45, 7) is 4.14. The largest absolute Gasteiger partial charge is 0.452 e. The van der Waals surface area contributed by atoms with E-state index in [9.17, 15) is 9.59 Å². The van der Waals surface area contributed by atoms with Crippen molar-refractivity contribution in [3.63, 3.8) is 0 Å². The Hall–Kier alpha value is -2.43. The Morgan fingerprint density at radius 3 is 2.92 bits per heavy atom. The maximum atomic E-state index is 12.3. The number of carbonyl (C=O) groups excluding carboxylic acids is 2. The van der Waals surface area contributed by atoms with Crippen LogP contribution >= 0.6 is 0 Å². The molecule has 1 aromatic heterocycles. The lowest BCUT2D eigenvalue weighted by molar-refractivity contribution is -0.125. The predicted octanol–water partition coefficient (Wildman–Crippen LogP) is 3.33. The Morgan fingerprint density at radius 2 is 2.08 bits per heavy atom. The van der Waals surface area contributed by atoms with Crippen molar-refractivity contribution >= 4 is 22.6 Å². The molecule has 5 nitrogen and oxygen atoms in total. The van der Waals surface area contributed by atoms with Crippen LogP contribution in [-0.4, -0.2) is 29.5 Å². The summed E-state index contributed by atoms with van der Waals surface area (Å²) in [5.74, 6) is 0.322. The number of esters is 1. The summed E-state index contributed by atoms with van der Waals surface area (Å²) in [6, 6.07) is 7.31. The first-order chi connectivity index (χ1) is 12.1. The van der Waals surface area contributed by atoms with Gasteiger partial charge in [-0.15, -0.1) is 0 Å². The van der Waals surface area contributed by atoms with Crippen LogP contribution in [0.15, 0.2) is 36.7 Å². The minimum Gasteiger partial charge on any atom is -0.452 e. The first-order valence-corrected chi connectivity index (χ1v) is 8.85. The molecule has 0 spiro atoms. The van der Waals surface area contributed by atoms with Crippen LogP contribution in [-0.2, 0) is 9.53 Å². The van der Waals surface area contributed by atoms with Gasteiger partial charge in [0.1, 0.15) is 0 Å². The minimum atomic E-state index is -0.489. The van der Waals surface area contributed by atoms with Gasteiger partial charge in [0.2, 0.25) is 0 Å². The van der Waals surface area contributed by atoms with Crippen molar-refractivity contribution < 1.29 is 14.3 Å². The molecular weight excluding hydrogens is 316 g/mol. The molecule has 1 saturated carbocycles. The smallest absolute Gasteiger partial charge is 0.339 e. The fraction of sp³-hybridized carbons (Fsp3) is 0.450. The molecule has 1 N–H and O–H groups in total. The number of fused-ring (bicyclic) bond motifs is 1. The number of aromatic nitrogens is 1. The number of nitrogens with zero attached hydrogens (tertiary/aromatic N) is 1. The van der Waals surface area contributed by atoms with Crippen molar-refractivity contribution in [1.29, 1.82) is 0 Å². The topological polar surface area (TPSA) is 68.3 Å². The van der Waals surface area contributed by atoms with Gasteiger partial charge < -0.3 is 10.1 Å². The molecule has 1 amide bonds. The lowest BCUT2D eigenvalue weighted by Crippen LogP contribution is -2.45. The van der Waals surface area contributed by atoms with Gasteiger partial charge in [-0.05, 0) is 35.8 Å². The van der Waals surface area contributed by atoms with Crippen molar-refractivity contribution in [2.24, 2.45) is 11.8 Å². The van der Waals surface area contributed by atoms with E-state index < -0.39 is 5.97 Å². The van der Waals surface area contributed by atoms with E-state index in [-0.39, 0.29) is 18.6 Å². The van der Waals surface area contributed by atoms with E-state index in [0.29, 0.717) is 17.4 Å². The number of rotatable bonds is 4. The van der Waals surface area contributed by atoms with Crippen LogP contribution in [0.5, 0.6) is 0 Å². The molecule has 25 heavy (non-hydrogen) atoms. The van der Waals surface area contributed by atoms with Gasteiger partial charge in [-0.3, -0.25) is 9.78 Å². The first-order valence-electron chi connectivity index (χ1n) is 8.85. The van der Waals surface area contributed by atoms with Crippen molar-refractivity contribution in [3.8, 4) is 0 Å². The predicted molar refractivity (Wildman–Crippen MR) is 96.1 cm³/mol. The van der Waals surface area contributed by atoms with Crippen molar-refractivity contribution in [1.82, 2.24) is 10.3 Å². The highest BCUT2D eigenvalue weighted by atomic mass is 16.5. The molecule has 1 aliphatic carbocycles. The Kier molecular flexibility index (Phi) is 5.31. The first kappa shape index (κ1) is 17.4.